The molecule has 0 aromatic carbocycles. The molecule has 0 N–H and O–H groups in total. The van der Waals surface area contributed by atoms with Crippen molar-refractivity contribution in [3.8, 4) is 0 Å². The summed E-state index contributed by atoms with van der Waals surface area (Å²) < 4.78 is 13.9. The molecule has 4 nitrogen and oxygen atoms in total. The van der Waals surface area contributed by atoms with Gasteiger partial charge in [0.2, 0.25) is 0 Å². The Labute approximate surface area is 137 Å². The molecule has 2 aromatic rings. The number of piperidine rings is 1. The third kappa shape index (κ3) is 4.26. The average Bonchev–Trinajstić information content (AvgIpc) is 2.56. The third-order valence-corrected chi connectivity index (χ3v) is 4.30. The van der Waals surface area contributed by atoms with E-state index in [0.717, 1.165) is 32.6 Å². The molecule has 5 heteroatoms. The Morgan fingerprint density at radius 3 is 2.96 bits per heavy atom. The Balaban J connectivity index is 1.57. The second-order valence-electron chi connectivity index (χ2n) is 6.32. The van der Waals surface area contributed by atoms with E-state index < -0.39 is 0 Å². The second-order valence-corrected chi connectivity index (χ2v) is 6.32. The first-order valence-electron chi connectivity index (χ1n) is 8.15. The molecule has 2 aromatic heterocycles. The van der Waals surface area contributed by atoms with Gasteiger partial charge < -0.3 is 9.80 Å². The van der Waals surface area contributed by atoms with E-state index in [2.05, 4.69) is 32.9 Å². The van der Waals surface area contributed by atoms with Crippen LogP contribution in [0.25, 0.3) is 0 Å². The van der Waals surface area contributed by atoms with Crippen LogP contribution in [0.1, 0.15) is 18.4 Å². The molecule has 3 rings (SSSR count). The summed E-state index contributed by atoms with van der Waals surface area (Å²) in [6.07, 6.45) is 7.64. The van der Waals surface area contributed by atoms with E-state index in [1.807, 2.05) is 12.3 Å². The summed E-state index contributed by atoms with van der Waals surface area (Å²) in [5.41, 5.74) is 1.22. The predicted octanol–water partition coefficient (Wildman–Crippen LogP) is 2.96. The fourth-order valence-electron chi connectivity index (χ4n) is 3.33. The maximum Gasteiger partial charge on any atom is 0.165 e. The lowest BCUT2D eigenvalue weighted by Crippen LogP contribution is -2.40. The molecule has 1 atom stereocenters. The van der Waals surface area contributed by atoms with Crippen molar-refractivity contribution in [2.75, 3.05) is 31.6 Å². The Morgan fingerprint density at radius 2 is 2.17 bits per heavy atom. The lowest BCUT2D eigenvalue weighted by molar-refractivity contribution is 0.247. The van der Waals surface area contributed by atoms with Crippen LogP contribution < -0.4 is 4.90 Å². The van der Waals surface area contributed by atoms with E-state index in [-0.39, 0.29) is 5.82 Å². The number of nitrogens with zero attached hydrogens (tertiary/aromatic N) is 4. The van der Waals surface area contributed by atoms with Gasteiger partial charge in [0, 0.05) is 44.8 Å². The van der Waals surface area contributed by atoms with Crippen molar-refractivity contribution >= 4 is 5.82 Å². The van der Waals surface area contributed by atoms with Crippen LogP contribution in [0.3, 0.4) is 0 Å². The molecular weight excluding hydrogens is 291 g/mol. The summed E-state index contributed by atoms with van der Waals surface area (Å²) in [5, 5.41) is 0. The van der Waals surface area contributed by atoms with E-state index in [1.54, 1.807) is 18.5 Å². The summed E-state index contributed by atoms with van der Waals surface area (Å²) in [4.78, 5) is 12.8. The van der Waals surface area contributed by atoms with Crippen molar-refractivity contribution < 1.29 is 4.39 Å². The van der Waals surface area contributed by atoms with Crippen LogP contribution in [0.4, 0.5) is 10.2 Å². The lowest BCUT2D eigenvalue weighted by Gasteiger charge is -2.35. The highest BCUT2D eigenvalue weighted by molar-refractivity contribution is 5.40. The van der Waals surface area contributed by atoms with Gasteiger partial charge in [-0.05, 0) is 49.6 Å². The number of aromatic nitrogens is 2. The molecule has 122 valence electrons. The minimum absolute atomic E-state index is 0.225. The number of rotatable bonds is 5. The molecule has 1 aliphatic rings. The van der Waals surface area contributed by atoms with Gasteiger partial charge in [0.1, 0.15) is 0 Å². The molecule has 1 aliphatic heterocycles. The summed E-state index contributed by atoms with van der Waals surface area (Å²) in [6, 6.07) is 7.19. The monoisotopic (exact) mass is 314 g/mol. The smallest absolute Gasteiger partial charge is 0.165 e. The SMILES string of the molecule is CN(Cc1cccnc1)CC1CCCN(c2ncccc2F)C1. The van der Waals surface area contributed by atoms with Crippen molar-refractivity contribution in [2.45, 2.75) is 19.4 Å². The quantitative estimate of drug-likeness (QED) is 0.849. The second kappa shape index (κ2) is 7.51. The van der Waals surface area contributed by atoms with Crippen molar-refractivity contribution in [3.63, 3.8) is 0 Å². The zero-order valence-corrected chi connectivity index (χ0v) is 13.5. The maximum atomic E-state index is 13.9. The molecule has 0 saturated carbocycles. The van der Waals surface area contributed by atoms with E-state index in [9.17, 15) is 4.39 Å². The number of hydrogen-bond acceptors (Lipinski definition) is 4. The zero-order valence-electron chi connectivity index (χ0n) is 13.5. The van der Waals surface area contributed by atoms with Crippen molar-refractivity contribution in [3.05, 3.63) is 54.2 Å². The van der Waals surface area contributed by atoms with Gasteiger partial charge in [-0.25, -0.2) is 9.37 Å². The highest BCUT2D eigenvalue weighted by Crippen LogP contribution is 2.24. The van der Waals surface area contributed by atoms with Gasteiger partial charge in [0.15, 0.2) is 11.6 Å². The highest BCUT2D eigenvalue weighted by Gasteiger charge is 2.23. The van der Waals surface area contributed by atoms with E-state index >= 15 is 0 Å². The number of anilines is 1. The Morgan fingerprint density at radius 1 is 1.30 bits per heavy atom. The van der Waals surface area contributed by atoms with E-state index in [4.69, 9.17) is 0 Å². The van der Waals surface area contributed by atoms with Gasteiger partial charge in [-0.2, -0.15) is 0 Å². The van der Waals surface area contributed by atoms with Crippen LogP contribution in [0.5, 0.6) is 0 Å². The summed E-state index contributed by atoms with van der Waals surface area (Å²) in [7, 11) is 2.13. The van der Waals surface area contributed by atoms with E-state index in [0.29, 0.717) is 11.7 Å². The molecule has 0 amide bonds. The molecule has 1 fully saturated rings. The number of pyridine rings is 2. The molecule has 23 heavy (non-hydrogen) atoms. The Hall–Kier alpha value is -2.01. The minimum atomic E-state index is -0.225. The number of hydrogen-bond donors (Lipinski definition) is 0. The number of halogens is 1. The van der Waals surface area contributed by atoms with Gasteiger partial charge in [-0.15, -0.1) is 0 Å². The normalized spacial score (nSPS) is 18.4. The van der Waals surface area contributed by atoms with Gasteiger partial charge in [-0.3, -0.25) is 4.98 Å². The summed E-state index contributed by atoms with van der Waals surface area (Å²) in [5.74, 6) is 0.802. The lowest BCUT2D eigenvalue weighted by atomic mass is 9.97. The van der Waals surface area contributed by atoms with Crippen LogP contribution in [0, 0.1) is 11.7 Å². The highest BCUT2D eigenvalue weighted by atomic mass is 19.1. The largest absolute Gasteiger partial charge is 0.354 e. The Kier molecular flexibility index (Phi) is 5.18. The molecule has 0 bridgehead atoms. The summed E-state index contributed by atoms with van der Waals surface area (Å²) >= 11 is 0. The van der Waals surface area contributed by atoms with Crippen molar-refractivity contribution in [1.29, 1.82) is 0 Å². The molecule has 0 spiro atoms. The Bertz CT molecular complexity index is 619. The van der Waals surface area contributed by atoms with Crippen LogP contribution in [0.15, 0.2) is 42.9 Å². The molecule has 1 saturated heterocycles. The standard InChI is InChI=1S/C18H23FN4/c1-22(12-15-5-2-8-20-11-15)13-16-6-4-10-23(14-16)18-17(19)7-3-9-21-18/h2-3,5,7-9,11,16H,4,6,10,12-14H2,1H3. The molecule has 3 heterocycles. The van der Waals surface area contributed by atoms with Gasteiger partial charge in [0.25, 0.3) is 0 Å². The zero-order chi connectivity index (χ0) is 16.1. The first kappa shape index (κ1) is 15.9. The topological polar surface area (TPSA) is 32.3 Å². The third-order valence-electron chi connectivity index (χ3n) is 4.30. The minimum Gasteiger partial charge on any atom is -0.354 e. The van der Waals surface area contributed by atoms with Crippen LogP contribution in [-0.2, 0) is 6.54 Å². The van der Waals surface area contributed by atoms with Crippen LogP contribution in [-0.4, -0.2) is 41.5 Å². The molecule has 1 unspecified atom stereocenters. The molecular formula is C18H23FN4. The molecule has 0 aliphatic carbocycles. The fraction of sp³-hybridized carbons (Fsp3) is 0.444. The van der Waals surface area contributed by atoms with Crippen molar-refractivity contribution in [2.24, 2.45) is 5.92 Å². The first-order valence-corrected chi connectivity index (χ1v) is 8.15. The van der Waals surface area contributed by atoms with Gasteiger partial charge in [-0.1, -0.05) is 6.07 Å². The van der Waals surface area contributed by atoms with Crippen LogP contribution >= 0.6 is 0 Å². The fourth-order valence-corrected chi connectivity index (χ4v) is 3.33. The first-order chi connectivity index (χ1) is 11.2. The van der Waals surface area contributed by atoms with Crippen molar-refractivity contribution in [1.82, 2.24) is 14.9 Å². The molecule has 0 radical (unpaired) electrons. The van der Waals surface area contributed by atoms with Gasteiger partial charge in [0.05, 0.1) is 0 Å². The van der Waals surface area contributed by atoms with E-state index in [1.165, 1.54) is 18.1 Å². The van der Waals surface area contributed by atoms with Crippen LogP contribution in [0.2, 0.25) is 0 Å². The average molecular weight is 314 g/mol. The van der Waals surface area contributed by atoms with Gasteiger partial charge >= 0.3 is 0 Å². The predicted molar refractivity (Wildman–Crippen MR) is 89.7 cm³/mol. The maximum absolute atomic E-state index is 13.9. The summed E-state index contributed by atoms with van der Waals surface area (Å²) in [6.45, 7) is 3.64.